The van der Waals surface area contributed by atoms with Crippen molar-refractivity contribution in [1.82, 2.24) is 0 Å². The van der Waals surface area contributed by atoms with E-state index in [1.165, 1.54) is 24.3 Å². The Balaban J connectivity index is 1.89. The number of ether oxygens (including phenoxy) is 2. The lowest BCUT2D eigenvalue weighted by molar-refractivity contribution is -0.114. The Labute approximate surface area is 146 Å². The molecule has 0 saturated heterocycles. The first-order chi connectivity index (χ1) is 11.5. The van der Waals surface area contributed by atoms with Crippen molar-refractivity contribution in [3.8, 4) is 11.5 Å². The van der Waals surface area contributed by atoms with E-state index in [2.05, 4.69) is 31.3 Å². The molecule has 0 aliphatic carbocycles. The number of halogens is 3. The summed E-state index contributed by atoms with van der Waals surface area (Å²) in [5, 5.41) is 5.63. The van der Waals surface area contributed by atoms with Crippen molar-refractivity contribution in [3.05, 3.63) is 46.9 Å². The molecule has 0 unspecified atom stereocenters. The molecule has 0 heterocycles. The number of rotatable bonds is 7. The number of amides is 1. The zero-order valence-electron chi connectivity index (χ0n) is 12.7. The molecular formula is C16H15BrF2N2O3. The van der Waals surface area contributed by atoms with Crippen molar-refractivity contribution in [2.45, 2.75) is 6.61 Å². The average molecular weight is 401 g/mol. The summed E-state index contributed by atoms with van der Waals surface area (Å²) in [5.74, 6) is 0.407. The molecule has 2 aromatic rings. The van der Waals surface area contributed by atoms with Gasteiger partial charge in [-0.05, 0) is 52.3 Å². The molecular weight excluding hydrogens is 386 g/mol. The highest BCUT2D eigenvalue weighted by atomic mass is 79.9. The first-order valence-electron chi connectivity index (χ1n) is 6.90. The van der Waals surface area contributed by atoms with Gasteiger partial charge >= 0.3 is 6.61 Å². The molecule has 0 saturated carbocycles. The SMILES string of the molecule is COc1ccc(Br)c(NCC(=O)Nc2ccc(OC(F)F)cc2)c1. The van der Waals surface area contributed by atoms with Crippen LogP contribution in [0, 0.1) is 0 Å². The van der Waals surface area contributed by atoms with Crippen LogP contribution in [0.15, 0.2) is 46.9 Å². The number of methoxy groups -OCH3 is 1. The average Bonchev–Trinajstić information content (AvgIpc) is 2.55. The van der Waals surface area contributed by atoms with Crippen LogP contribution < -0.4 is 20.1 Å². The molecule has 0 aliphatic rings. The van der Waals surface area contributed by atoms with Gasteiger partial charge in [0.1, 0.15) is 11.5 Å². The quantitative estimate of drug-likeness (QED) is 0.733. The Morgan fingerprint density at radius 1 is 1.17 bits per heavy atom. The third-order valence-corrected chi connectivity index (χ3v) is 3.67. The number of anilines is 2. The van der Waals surface area contributed by atoms with Gasteiger partial charge in [-0.15, -0.1) is 0 Å². The molecule has 5 nitrogen and oxygen atoms in total. The Bertz CT molecular complexity index is 696. The van der Waals surface area contributed by atoms with Crippen molar-refractivity contribution in [3.63, 3.8) is 0 Å². The van der Waals surface area contributed by atoms with E-state index in [0.717, 1.165) is 4.47 Å². The summed E-state index contributed by atoms with van der Waals surface area (Å²) in [6.07, 6.45) is 0. The molecule has 2 rings (SSSR count). The highest BCUT2D eigenvalue weighted by Gasteiger charge is 2.07. The second kappa shape index (κ2) is 8.49. The van der Waals surface area contributed by atoms with Crippen LogP contribution in [0.4, 0.5) is 20.2 Å². The van der Waals surface area contributed by atoms with Gasteiger partial charge in [0, 0.05) is 16.2 Å². The van der Waals surface area contributed by atoms with Gasteiger partial charge in [-0.3, -0.25) is 4.79 Å². The largest absolute Gasteiger partial charge is 0.497 e. The van der Waals surface area contributed by atoms with Crippen molar-refractivity contribution in [1.29, 1.82) is 0 Å². The predicted molar refractivity (Wildman–Crippen MR) is 90.9 cm³/mol. The van der Waals surface area contributed by atoms with E-state index >= 15 is 0 Å². The number of carbonyl (C=O) groups is 1. The van der Waals surface area contributed by atoms with E-state index in [1.807, 2.05) is 0 Å². The Kier molecular flexibility index (Phi) is 6.36. The molecule has 0 radical (unpaired) electrons. The van der Waals surface area contributed by atoms with Crippen LogP contribution in [0.25, 0.3) is 0 Å². The van der Waals surface area contributed by atoms with Crippen LogP contribution in [-0.4, -0.2) is 26.2 Å². The molecule has 128 valence electrons. The van der Waals surface area contributed by atoms with Crippen molar-refractivity contribution in [2.75, 3.05) is 24.3 Å². The molecule has 0 spiro atoms. The van der Waals surface area contributed by atoms with Crippen molar-refractivity contribution in [2.24, 2.45) is 0 Å². The maximum absolute atomic E-state index is 12.1. The minimum Gasteiger partial charge on any atom is -0.497 e. The molecule has 8 heteroatoms. The fourth-order valence-electron chi connectivity index (χ4n) is 1.87. The first-order valence-corrected chi connectivity index (χ1v) is 7.69. The van der Waals surface area contributed by atoms with Crippen molar-refractivity contribution >= 4 is 33.2 Å². The molecule has 0 aromatic heterocycles. The first kappa shape index (κ1) is 18.0. The van der Waals surface area contributed by atoms with E-state index < -0.39 is 6.61 Å². The predicted octanol–water partition coefficient (Wildman–Crippen LogP) is 4.11. The topological polar surface area (TPSA) is 59.6 Å². The number of benzene rings is 2. The molecule has 0 atom stereocenters. The summed E-state index contributed by atoms with van der Waals surface area (Å²) in [6.45, 7) is -2.85. The number of hydrogen-bond acceptors (Lipinski definition) is 4. The fourth-order valence-corrected chi connectivity index (χ4v) is 2.25. The minimum absolute atomic E-state index is 0.0288. The Hall–Kier alpha value is -2.35. The third-order valence-electron chi connectivity index (χ3n) is 2.98. The van der Waals surface area contributed by atoms with E-state index in [1.54, 1.807) is 25.3 Å². The minimum atomic E-state index is -2.88. The van der Waals surface area contributed by atoms with Crippen LogP contribution in [-0.2, 0) is 4.79 Å². The fraction of sp³-hybridized carbons (Fsp3) is 0.188. The highest BCUT2D eigenvalue weighted by Crippen LogP contribution is 2.27. The zero-order valence-corrected chi connectivity index (χ0v) is 14.3. The molecule has 2 N–H and O–H groups in total. The van der Waals surface area contributed by atoms with Gasteiger partial charge in [0.25, 0.3) is 0 Å². The lowest BCUT2D eigenvalue weighted by Crippen LogP contribution is -2.21. The van der Waals surface area contributed by atoms with Crippen molar-refractivity contribution < 1.29 is 23.0 Å². The second-order valence-electron chi connectivity index (χ2n) is 4.65. The van der Waals surface area contributed by atoms with Crippen LogP contribution >= 0.6 is 15.9 Å². The van der Waals surface area contributed by atoms with Crippen LogP contribution in [0.5, 0.6) is 11.5 Å². The van der Waals surface area contributed by atoms with Gasteiger partial charge in [-0.25, -0.2) is 0 Å². The summed E-state index contributed by atoms with van der Waals surface area (Å²) in [7, 11) is 1.56. The number of alkyl halides is 2. The van der Waals surface area contributed by atoms with E-state index in [4.69, 9.17) is 4.74 Å². The second-order valence-corrected chi connectivity index (χ2v) is 5.50. The van der Waals surface area contributed by atoms with Gasteiger partial charge in [-0.2, -0.15) is 8.78 Å². The van der Waals surface area contributed by atoms with Gasteiger partial charge < -0.3 is 20.1 Å². The van der Waals surface area contributed by atoms with E-state index in [-0.39, 0.29) is 18.2 Å². The number of hydrogen-bond donors (Lipinski definition) is 2. The highest BCUT2D eigenvalue weighted by molar-refractivity contribution is 9.10. The normalized spacial score (nSPS) is 10.4. The van der Waals surface area contributed by atoms with Gasteiger partial charge in [0.2, 0.25) is 5.91 Å². The Morgan fingerprint density at radius 2 is 1.83 bits per heavy atom. The molecule has 0 bridgehead atoms. The monoisotopic (exact) mass is 400 g/mol. The summed E-state index contributed by atoms with van der Waals surface area (Å²) >= 11 is 3.38. The number of nitrogens with one attached hydrogen (secondary N) is 2. The maximum Gasteiger partial charge on any atom is 0.387 e. The van der Waals surface area contributed by atoms with Gasteiger partial charge in [-0.1, -0.05) is 0 Å². The molecule has 1 amide bonds. The van der Waals surface area contributed by atoms with E-state index in [0.29, 0.717) is 17.1 Å². The summed E-state index contributed by atoms with van der Waals surface area (Å²) in [4.78, 5) is 11.9. The van der Waals surface area contributed by atoms with Crippen LogP contribution in [0.3, 0.4) is 0 Å². The van der Waals surface area contributed by atoms with Crippen LogP contribution in [0.1, 0.15) is 0 Å². The maximum atomic E-state index is 12.1. The lowest BCUT2D eigenvalue weighted by atomic mass is 10.3. The lowest BCUT2D eigenvalue weighted by Gasteiger charge is -2.11. The van der Waals surface area contributed by atoms with Gasteiger partial charge in [0.15, 0.2) is 0 Å². The summed E-state index contributed by atoms with van der Waals surface area (Å²) in [5.41, 5.74) is 1.19. The Morgan fingerprint density at radius 3 is 2.46 bits per heavy atom. The summed E-state index contributed by atoms with van der Waals surface area (Å²) < 4.78 is 34.3. The van der Waals surface area contributed by atoms with Crippen LogP contribution in [0.2, 0.25) is 0 Å². The standard InChI is InChI=1S/C16H15BrF2N2O3/c1-23-12-6-7-13(17)14(8-12)20-9-15(22)21-10-2-4-11(5-3-10)24-16(18)19/h2-8,16,20H,9H2,1H3,(H,21,22). The molecule has 0 aliphatic heterocycles. The molecule has 0 fully saturated rings. The summed E-state index contributed by atoms with van der Waals surface area (Å²) in [6, 6.07) is 11.0. The molecule has 24 heavy (non-hydrogen) atoms. The molecule has 2 aromatic carbocycles. The van der Waals surface area contributed by atoms with Gasteiger partial charge in [0.05, 0.1) is 19.3 Å². The number of carbonyl (C=O) groups excluding carboxylic acids is 1. The zero-order chi connectivity index (χ0) is 17.5. The third kappa shape index (κ3) is 5.38. The van der Waals surface area contributed by atoms with E-state index in [9.17, 15) is 13.6 Å². The smallest absolute Gasteiger partial charge is 0.387 e.